The van der Waals surface area contributed by atoms with Gasteiger partial charge in [0.25, 0.3) is 0 Å². The number of aldehydes is 1. The summed E-state index contributed by atoms with van der Waals surface area (Å²) in [7, 11) is 0. The molecule has 0 saturated heterocycles. The molecule has 0 bridgehead atoms. The fraction of sp³-hybridized carbons (Fsp3) is 0.476. The molecule has 1 unspecified atom stereocenters. The number of cyclic esters (lactones) is 1. The van der Waals surface area contributed by atoms with Crippen molar-refractivity contribution in [3.05, 3.63) is 33.9 Å². The van der Waals surface area contributed by atoms with Crippen LogP contribution in [0.3, 0.4) is 0 Å². The van der Waals surface area contributed by atoms with E-state index in [9.17, 15) is 14.4 Å². The second-order valence-electron chi connectivity index (χ2n) is 7.55. The molecule has 146 valence electrons. The lowest BCUT2D eigenvalue weighted by atomic mass is 9.90. The van der Waals surface area contributed by atoms with Crippen LogP contribution in [-0.4, -0.2) is 24.0 Å². The summed E-state index contributed by atoms with van der Waals surface area (Å²) in [4.78, 5) is 35.6. The first-order chi connectivity index (χ1) is 12.6. The number of allylic oxidation sites excluding steroid dienone is 1. The van der Waals surface area contributed by atoms with E-state index in [0.717, 1.165) is 23.0 Å². The molecule has 1 aromatic carbocycles. The number of hydrogen-bond acceptors (Lipinski definition) is 6. The fourth-order valence-electron chi connectivity index (χ4n) is 2.97. The van der Waals surface area contributed by atoms with Crippen LogP contribution in [-0.2, 0) is 27.3 Å². The van der Waals surface area contributed by atoms with Crippen LogP contribution in [0.5, 0.6) is 5.75 Å². The number of rotatable bonds is 5. The molecular weight excluding hydrogens is 348 g/mol. The third kappa shape index (κ3) is 4.56. The maximum Gasteiger partial charge on any atom is 0.514 e. The summed E-state index contributed by atoms with van der Waals surface area (Å²) in [5.74, 6) is -0.726. The van der Waals surface area contributed by atoms with Gasteiger partial charge in [0, 0.05) is 17.0 Å². The average Bonchev–Trinajstić information content (AvgIpc) is 2.95. The summed E-state index contributed by atoms with van der Waals surface area (Å²) >= 11 is 0. The van der Waals surface area contributed by atoms with Crippen LogP contribution in [0, 0.1) is 12.8 Å². The SMILES string of the molecule is CCc1c(C)c2c(c(OC(=O)OC(C)(C)C)c1C=CC(C)C=O)C(=O)OC2. The molecule has 0 spiro atoms. The molecular formula is C21H26O6. The van der Waals surface area contributed by atoms with Crippen LogP contribution >= 0.6 is 0 Å². The standard InChI is InChI=1S/C21H26O6/c1-7-14-13(3)16-11-25-19(23)17(16)18(15(14)9-8-12(2)10-22)26-20(24)27-21(4,5)6/h8-10,12H,7,11H2,1-6H3. The molecule has 1 aliphatic rings. The Kier molecular flexibility index (Phi) is 6.08. The van der Waals surface area contributed by atoms with E-state index in [1.54, 1.807) is 39.8 Å². The van der Waals surface area contributed by atoms with E-state index >= 15 is 0 Å². The first kappa shape index (κ1) is 20.7. The van der Waals surface area contributed by atoms with Crippen molar-refractivity contribution in [1.82, 2.24) is 0 Å². The summed E-state index contributed by atoms with van der Waals surface area (Å²) in [6, 6.07) is 0. The van der Waals surface area contributed by atoms with Crippen LogP contribution in [0.4, 0.5) is 4.79 Å². The molecule has 0 saturated carbocycles. The Hall–Kier alpha value is -2.63. The maximum atomic E-state index is 12.3. The molecule has 1 aliphatic heterocycles. The molecule has 6 nitrogen and oxygen atoms in total. The normalized spacial score (nSPS) is 14.7. The number of carbonyl (C=O) groups excluding carboxylic acids is 3. The van der Waals surface area contributed by atoms with Gasteiger partial charge in [-0.25, -0.2) is 9.59 Å². The lowest BCUT2D eigenvalue weighted by Gasteiger charge is -2.21. The highest BCUT2D eigenvalue weighted by Crippen LogP contribution is 2.40. The Morgan fingerprint density at radius 1 is 1.33 bits per heavy atom. The summed E-state index contributed by atoms with van der Waals surface area (Å²) in [6.07, 6.45) is 4.00. The minimum Gasteiger partial charge on any atom is -0.457 e. The molecule has 0 N–H and O–H groups in total. The van der Waals surface area contributed by atoms with Crippen LogP contribution in [0.2, 0.25) is 0 Å². The van der Waals surface area contributed by atoms with Gasteiger partial charge in [-0.3, -0.25) is 0 Å². The Bertz CT molecular complexity index is 798. The summed E-state index contributed by atoms with van der Waals surface area (Å²) in [5, 5.41) is 0. The zero-order valence-corrected chi connectivity index (χ0v) is 16.7. The maximum absolute atomic E-state index is 12.3. The Morgan fingerprint density at radius 2 is 2.00 bits per heavy atom. The minimum atomic E-state index is -0.895. The lowest BCUT2D eigenvalue weighted by Crippen LogP contribution is -2.26. The number of carbonyl (C=O) groups is 3. The van der Waals surface area contributed by atoms with Gasteiger partial charge in [-0.2, -0.15) is 0 Å². The smallest absolute Gasteiger partial charge is 0.457 e. The molecule has 1 aromatic rings. The summed E-state index contributed by atoms with van der Waals surface area (Å²) in [6.45, 7) is 11.0. The molecule has 27 heavy (non-hydrogen) atoms. The fourth-order valence-corrected chi connectivity index (χ4v) is 2.97. The second kappa shape index (κ2) is 7.94. The van der Waals surface area contributed by atoms with Gasteiger partial charge in [0.15, 0.2) is 5.75 Å². The van der Waals surface area contributed by atoms with Gasteiger partial charge in [-0.1, -0.05) is 26.0 Å². The molecule has 1 heterocycles. The van der Waals surface area contributed by atoms with Crippen molar-refractivity contribution in [3.63, 3.8) is 0 Å². The van der Waals surface area contributed by atoms with Gasteiger partial charge in [0.05, 0.1) is 0 Å². The van der Waals surface area contributed by atoms with Crippen molar-refractivity contribution >= 4 is 24.5 Å². The minimum absolute atomic E-state index is 0.124. The van der Waals surface area contributed by atoms with Crippen molar-refractivity contribution in [1.29, 1.82) is 0 Å². The van der Waals surface area contributed by atoms with Gasteiger partial charge in [-0.15, -0.1) is 0 Å². The molecule has 1 atom stereocenters. The molecule has 0 radical (unpaired) electrons. The van der Waals surface area contributed by atoms with Crippen LogP contribution < -0.4 is 4.74 Å². The van der Waals surface area contributed by atoms with E-state index in [0.29, 0.717) is 12.0 Å². The highest BCUT2D eigenvalue weighted by atomic mass is 16.7. The van der Waals surface area contributed by atoms with E-state index in [-0.39, 0.29) is 23.8 Å². The van der Waals surface area contributed by atoms with E-state index in [4.69, 9.17) is 14.2 Å². The second-order valence-corrected chi connectivity index (χ2v) is 7.55. The predicted molar refractivity (Wildman–Crippen MR) is 101 cm³/mol. The van der Waals surface area contributed by atoms with Crippen molar-refractivity contribution in [2.24, 2.45) is 5.92 Å². The van der Waals surface area contributed by atoms with E-state index in [1.807, 2.05) is 13.8 Å². The highest BCUT2D eigenvalue weighted by molar-refractivity contribution is 5.99. The average molecular weight is 374 g/mol. The number of esters is 1. The van der Waals surface area contributed by atoms with Crippen LogP contribution in [0.25, 0.3) is 6.08 Å². The van der Waals surface area contributed by atoms with Gasteiger partial charge in [0.2, 0.25) is 0 Å². The molecule has 6 heteroatoms. The number of ether oxygens (including phenoxy) is 3. The van der Waals surface area contributed by atoms with Gasteiger partial charge >= 0.3 is 12.1 Å². The number of hydrogen-bond donors (Lipinski definition) is 0. The molecule has 0 amide bonds. The third-order valence-electron chi connectivity index (χ3n) is 4.27. The van der Waals surface area contributed by atoms with E-state index in [1.165, 1.54) is 0 Å². The Balaban J connectivity index is 2.65. The van der Waals surface area contributed by atoms with Gasteiger partial charge in [0.1, 0.15) is 24.1 Å². The zero-order chi connectivity index (χ0) is 20.4. The largest absolute Gasteiger partial charge is 0.514 e. The molecule has 0 aromatic heterocycles. The first-order valence-corrected chi connectivity index (χ1v) is 8.98. The topological polar surface area (TPSA) is 78.9 Å². The third-order valence-corrected chi connectivity index (χ3v) is 4.27. The van der Waals surface area contributed by atoms with Crippen molar-refractivity contribution in [2.75, 3.05) is 0 Å². The Morgan fingerprint density at radius 3 is 2.56 bits per heavy atom. The van der Waals surface area contributed by atoms with E-state index in [2.05, 4.69) is 0 Å². The molecule has 2 rings (SSSR count). The van der Waals surface area contributed by atoms with Gasteiger partial charge in [-0.05, 0) is 45.2 Å². The quantitative estimate of drug-likeness (QED) is 0.432. The first-order valence-electron chi connectivity index (χ1n) is 8.98. The summed E-state index contributed by atoms with van der Waals surface area (Å²) in [5.41, 5.74) is 2.67. The van der Waals surface area contributed by atoms with Crippen molar-refractivity contribution < 1.29 is 28.6 Å². The summed E-state index contributed by atoms with van der Waals surface area (Å²) < 4.78 is 15.9. The number of fused-ring (bicyclic) bond motifs is 1. The highest BCUT2D eigenvalue weighted by Gasteiger charge is 2.33. The monoisotopic (exact) mass is 374 g/mol. The van der Waals surface area contributed by atoms with Crippen LogP contribution in [0.15, 0.2) is 6.08 Å². The van der Waals surface area contributed by atoms with Gasteiger partial charge < -0.3 is 19.0 Å². The Labute approximate surface area is 159 Å². The zero-order valence-electron chi connectivity index (χ0n) is 16.7. The van der Waals surface area contributed by atoms with E-state index < -0.39 is 17.7 Å². The van der Waals surface area contributed by atoms with Crippen molar-refractivity contribution in [2.45, 2.75) is 60.2 Å². The number of benzene rings is 1. The predicted octanol–water partition coefficient (Wildman–Crippen LogP) is 4.39. The molecule has 0 aliphatic carbocycles. The van der Waals surface area contributed by atoms with Crippen molar-refractivity contribution in [3.8, 4) is 5.75 Å². The molecule has 0 fully saturated rings. The lowest BCUT2D eigenvalue weighted by molar-refractivity contribution is -0.109. The van der Waals surface area contributed by atoms with Crippen LogP contribution in [0.1, 0.15) is 67.2 Å².